The van der Waals surface area contributed by atoms with E-state index in [1.54, 1.807) is 6.92 Å². The highest BCUT2D eigenvalue weighted by atomic mass is 16.8. The second-order valence-electron chi connectivity index (χ2n) is 3.81. The zero-order valence-corrected chi connectivity index (χ0v) is 11.5. The standard InChI is InChI=1S/C6H8O7.C4H9NO4/c7-3(8)1-6(13,5(11)12)2-4(9)10;1-2-9-4(6)3-5(7)8/h13H,1-2H2,(H,7,8)(H,9,10)(H,11,12);7-8H,2-3H2,1H3. The summed E-state index contributed by atoms with van der Waals surface area (Å²) in [6.07, 6.45) is -2.29. The number of nitrogens with zero attached hydrogens (tertiary/aromatic N) is 1. The van der Waals surface area contributed by atoms with E-state index in [9.17, 15) is 19.2 Å². The minimum absolute atomic E-state index is 0.224. The van der Waals surface area contributed by atoms with Gasteiger partial charge < -0.3 is 25.2 Å². The quantitative estimate of drug-likeness (QED) is 0.220. The highest BCUT2D eigenvalue weighted by Gasteiger charge is 2.40. The lowest BCUT2D eigenvalue weighted by molar-refractivity contribution is -0.304. The molecule has 128 valence electrons. The Kier molecular flexibility index (Phi) is 10.5. The Bertz CT molecular complexity index is 390. The van der Waals surface area contributed by atoms with Crippen molar-refractivity contribution in [2.24, 2.45) is 0 Å². The average molecular weight is 327 g/mol. The topological polar surface area (TPSA) is 202 Å². The number of carbonyl (C=O) groups is 4. The smallest absolute Gasteiger partial charge is 0.336 e. The van der Waals surface area contributed by atoms with E-state index in [-0.39, 0.29) is 11.8 Å². The summed E-state index contributed by atoms with van der Waals surface area (Å²) in [6, 6.07) is 0. The predicted octanol–water partition coefficient (Wildman–Crippen LogP) is -1.62. The number of esters is 1. The Morgan fingerprint density at radius 1 is 1.00 bits per heavy atom. The zero-order valence-electron chi connectivity index (χ0n) is 11.5. The minimum Gasteiger partial charge on any atom is -0.481 e. The molecule has 6 N–H and O–H groups in total. The summed E-state index contributed by atoms with van der Waals surface area (Å²) in [6.45, 7) is 1.36. The van der Waals surface area contributed by atoms with Gasteiger partial charge in [0.15, 0.2) is 5.60 Å². The van der Waals surface area contributed by atoms with Crippen LogP contribution < -0.4 is 0 Å². The molecule has 0 unspecified atom stereocenters. The van der Waals surface area contributed by atoms with Crippen LogP contribution in [0.4, 0.5) is 0 Å². The van der Waals surface area contributed by atoms with Crippen LogP contribution in [0.1, 0.15) is 19.8 Å². The third-order valence-electron chi connectivity index (χ3n) is 1.86. The molecule has 0 rings (SSSR count). The monoisotopic (exact) mass is 327 g/mol. The summed E-state index contributed by atoms with van der Waals surface area (Å²) in [5.74, 6) is -5.68. The molecule has 0 aliphatic carbocycles. The fourth-order valence-electron chi connectivity index (χ4n) is 1.04. The van der Waals surface area contributed by atoms with Crippen molar-refractivity contribution in [3.8, 4) is 0 Å². The van der Waals surface area contributed by atoms with Crippen molar-refractivity contribution < 1.29 is 54.8 Å². The maximum absolute atomic E-state index is 10.3. The SMILES string of the molecule is CCOC(=O)CN(O)O.O=C(O)CC(O)(CC(=O)O)C(=O)O. The van der Waals surface area contributed by atoms with Crippen LogP contribution in [0.2, 0.25) is 0 Å². The van der Waals surface area contributed by atoms with Gasteiger partial charge in [0.25, 0.3) is 0 Å². The van der Waals surface area contributed by atoms with Crippen LogP contribution in [0.3, 0.4) is 0 Å². The first-order valence-electron chi connectivity index (χ1n) is 5.64. The number of aliphatic carboxylic acids is 3. The van der Waals surface area contributed by atoms with E-state index in [2.05, 4.69) is 4.74 Å². The molecule has 12 heteroatoms. The van der Waals surface area contributed by atoms with Gasteiger partial charge in [0.05, 0.1) is 19.4 Å². The highest BCUT2D eigenvalue weighted by Crippen LogP contribution is 2.15. The first-order valence-corrected chi connectivity index (χ1v) is 5.64. The summed E-state index contributed by atoms with van der Waals surface area (Å²) in [4.78, 5) is 40.8. The zero-order chi connectivity index (χ0) is 17.9. The van der Waals surface area contributed by atoms with Gasteiger partial charge in [0, 0.05) is 0 Å². The minimum atomic E-state index is -2.74. The molecule has 0 heterocycles. The highest BCUT2D eigenvalue weighted by molar-refractivity contribution is 5.88. The molecule has 0 spiro atoms. The molecule has 0 saturated carbocycles. The molecule has 0 aliphatic rings. The number of hydroxylamine groups is 2. The van der Waals surface area contributed by atoms with Crippen molar-refractivity contribution in [1.29, 1.82) is 0 Å². The van der Waals surface area contributed by atoms with Gasteiger partial charge in [0.2, 0.25) is 0 Å². The third-order valence-corrected chi connectivity index (χ3v) is 1.86. The van der Waals surface area contributed by atoms with Crippen LogP contribution in [0.5, 0.6) is 0 Å². The van der Waals surface area contributed by atoms with Gasteiger partial charge >= 0.3 is 23.9 Å². The van der Waals surface area contributed by atoms with Crippen LogP contribution in [0.25, 0.3) is 0 Å². The van der Waals surface area contributed by atoms with Crippen LogP contribution in [-0.2, 0) is 23.9 Å². The van der Waals surface area contributed by atoms with Crippen LogP contribution in [0.15, 0.2) is 0 Å². The summed E-state index contributed by atoms with van der Waals surface area (Å²) in [5, 5.41) is 49.7. The Morgan fingerprint density at radius 2 is 1.41 bits per heavy atom. The lowest BCUT2D eigenvalue weighted by atomic mass is 9.96. The normalized spacial score (nSPS) is 10.4. The predicted molar refractivity (Wildman–Crippen MR) is 64.0 cm³/mol. The number of carboxylic acid groups (broad SMARTS) is 3. The van der Waals surface area contributed by atoms with Crippen molar-refractivity contribution >= 4 is 23.9 Å². The van der Waals surface area contributed by atoms with Gasteiger partial charge in [-0.2, -0.15) is 0 Å². The second-order valence-corrected chi connectivity index (χ2v) is 3.81. The van der Waals surface area contributed by atoms with Crippen molar-refractivity contribution in [3.63, 3.8) is 0 Å². The van der Waals surface area contributed by atoms with Gasteiger partial charge in [-0.1, -0.05) is 5.23 Å². The Morgan fingerprint density at radius 3 is 1.64 bits per heavy atom. The number of carboxylic acids is 3. The fourth-order valence-corrected chi connectivity index (χ4v) is 1.04. The van der Waals surface area contributed by atoms with Crippen LogP contribution in [-0.4, -0.2) is 78.7 Å². The van der Waals surface area contributed by atoms with E-state index >= 15 is 0 Å². The number of hydrogen-bond donors (Lipinski definition) is 6. The molecular formula is C10H17NO11. The summed E-state index contributed by atoms with van der Waals surface area (Å²) < 4.78 is 4.35. The Hall–Kier alpha value is -2.28. The number of ether oxygens (including phenoxy) is 1. The van der Waals surface area contributed by atoms with Crippen molar-refractivity contribution in [2.45, 2.75) is 25.4 Å². The summed E-state index contributed by atoms with van der Waals surface area (Å²) in [7, 11) is 0. The maximum atomic E-state index is 10.3. The number of hydrogen-bond acceptors (Lipinski definition) is 9. The van der Waals surface area contributed by atoms with Crippen molar-refractivity contribution in [1.82, 2.24) is 5.23 Å². The number of rotatable bonds is 8. The van der Waals surface area contributed by atoms with E-state index in [1.807, 2.05) is 0 Å². The second kappa shape index (κ2) is 10.4. The summed E-state index contributed by atoms with van der Waals surface area (Å²) >= 11 is 0. The molecule has 0 aromatic heterocycles. The van der Waals surface area contributed by atoms with E-state index in [0.717, 1.165) is 0 Å². The molecule has 0 bridgehead atoms. The Labute approximate surface area is 123 Å². The third kappa shape index (κ3) is 11.5. The molecule has 0 atom stereocenters. The lowest BCUT2D eigenvalue weighted by Crippen LogP contribution is -2.42. The van der Waals surface area contributed by atoms with Gasteiger partial charge in [-0.3, -0.25) is 24.8 Å². The molecule has 0 radical (unpaired) electrons. The molecule has 0 aromatic carbocycles. The average Bonchev–Trinajstić information content (AvgIpc) is 2.26. The Balaban J connectivity index is 0. The van der Waals surface area contributed by atoms with E-state index < -0.39 is 48.9 Å². The summed E-state index contributed by atoms with van der Waals surface area (Å²) in [5.41, 5.74) is -2.74. The number of carbonyl (C=O) groups excluding carboxylic acids is 1. The number of aliphatic hydroxyl groups is 1. The van der Waals surface area contributed by atoms with Crippen LogP contribution >= 0.6 is 0 Å². The van der Waals surface area contributed by atoms with Gasteiger partial charge in [-0.15, -0.1) is 0 Å². The molecular weight excluding hydrogens is 310 g/mol. The van der Waals surface area contributed by atoms with Crippen molar-refractivity contribution in [2.75, 3.05) is 13.2 Å². The lowest BCUT2D eigenvalue weighted by Gasteiger charge is -2.18. The van der Waals surface area contributed by atoms with E-state index in [0.29, 0.717) is 0 Å². The molecule has 0 fully saturated rings. The first kappa shape index (κ1) is 22.0. The van der Waals surface area contributed by atoms with Crippen LogP contribution in [0, 0.1) is 0 Å². The van der Waals surface area contributed by atoms with E-state index in [1.165, 1.54) is 0 Å². The van der Waals surface area contributed by atoms with E-state index in [4.69, 9.17) is 30.8 Å². The van der Waals surface area contributed by atoms with Gasteiger partial charge in [-0.05, 0) is 6.92 Å². The van der Waals surface area contributed by atoms with Gasteiger partial charge in [0.1, 0.15) is 6.54 Å². The van der Waals surface area contributed by atoms with Gasteiger partial charge in [-0.25, -0.2) is 4.79 Å². The molecule has 12 nitrogen and oxygen atoms in total. The molecule has 22 heavy (non-hydrogen) atoms. The molecule has 0 aromatic rings. The molecule has 0 saturated heterocycles. The fraction of sp³-hybridized carbons (Fsp3) is 0.600. The largest absolute Gasteiger partial charge is 0.481 e. The van der Waals surface area contributed by atoms with Crippen molar-refractivity contribution in [3.05, 3.63) is 0 Å². The molecule has 0 amide bonds. The molecule has 0 aliphatic heterocycles. The first-order chi connectivity index (χ1) is 9.94. The maximum Gasteiger partial charge on any atom is 0.336 e.